The molecule has 1 saturated heterocycles. The lowest BCUT2D eigenvalue weighted by molar-refractivity contribution is -0.207. The third kappa shape index (κ3) is 1.58. The molecule has 5 fully saturated rings. The fourth-order valence-corrected chi connectivity index (χ4v) is 7.72. The number of rotatable bonds is 0. The van der Waals surface area contributed by atoms with Crippen molar-refractivity contribution in [3.05, 3.63) is 12.2 Å². The average molecular weight is 316 g/mol. The van der Waals surface area contributed by atoms with Crippen LogP contribution in [0.2, 0.25) is 0 Å². The number of allylic oxidation sites excluding steroid dienone is 1. The van der Waals surface area contributed by atoms with Gasteiger partial charge in [0.15, 0.2) is 0 Å². The highest BCUT2D eigenvalue weighted by Gasteiger charge is 2.71. The number of fused-ring (bicyclic) bond motifs is 2. The summed E-state index contributed by atoms with van der Waals surface area (Å²) in [5.41, 5.74) is 1.41. The van der Waals surface area contributed by atoms with E-state index in [0.29, 0.717) is 11.8 Å². The van der Waals surface area contributed by atoms with Crippen molar-refractivity contribution < 1.29 is 14.6 Å². The summed E-state index contributed by atoms with van der Waals surface area (Å²) in [6.07, 6.45) is 8.18. The molecule has 2 bridgehead atoms. The molecule has 1 heterocycles. The van der Waals surface area contributed by atoms with Gasteiger partial charge in [0, 0.05) is 11.3 Å². The lowest BCUT2D eigenvalue weighted by atomic mass is 9.44. The molecule has 3 nitrogen and oxygen atoms in total. The van der Waals surface area contributed by atoms with E-state index in [9.17, 15) is 9.90 Å². The molecule has 5 aliphatic rings. The van der Waals surface area contributed by atoms with Crippen LogP contribution in [0.4, 0.5) is 0 Å². The predicted molar refractivity (Wildman–Crippen MR) is 86.5 cm³/mol. The van der Waals surface area contributed by atoms with Crippen LogP contribution in [0.25, 0.3) is 0 Å². The number of hydrogen-bond acceptors (Lipinski definition) is 3. The van der Waals surface area contributed by atoms with Crippen LogP contribution in [-0.4, -0.2) is 23.3 Å². The number of esters is 1. The van der Waals surface area contributed by atoms with E-state index < -0.39 is 6.10 Å². The van der Waals surface area contributed by atoms with Gasteiger partial charge in [-0.1, -0.05) is 31.9 Å². The molecule has 0 unspecified atom stereocenters. The van der Waals surface area contributed by atoms with E-state index in [1.54, 1.807) is 0 Å². The highest BCUT2D eigenvalue weighted by molar-refractivity contribution is 5.76. The van der Waals surface area contributed by atoms with Crippen molar-refractivity contribution in [3.63, 3.8) is 0 Å². The Kier molecular flexibility index (Phi) is 2.78. The smallest absolute Gasteiger partial charge is 0.309 e. The molecular weight excluding hydrogens is 288 g/mol. The van der Waals surface area contributed by atoms with Gasteiger partial charge < -0.3 is 9.84 Å². The fourth-order valence-electron chi connectivity index (χ4n) is 7.72. The monoisotopic (exact) mass is 316 g/mol. The van der Waals surface area contributed by atoms with Gasteiger partial charge in [-0.05, 0) is 55.8 Å². The van der Waals surface area contributed by atoms with E-state index in [0.717, 1.165) is 25.7 Å². The van der Waals surface area contributed by atoms with Crippen LogP contribution in [0.3, 0.4) is 0 Å². The SMILES string of the molecule is C=C1C[C@@]23C[C@H]1CC[C@@H]2[C@]1(C)CCCC[C@@H]2C(=O)O[C@H]([C@H]21)[C@@H]3O. The minimum absolute atomic E-state index is 0.0295. The molecular formula is C20H28O3. The van der Waals surface area contributed by atoms with Gasteiger partial charge in [-0.15, -0.1) is 0 Å². The van der Waals surface area contributed by atoms with Gasteiger partial charge in [0.2, 0.25) is 0 Å². The zero-order chi connectivity index (χ0) is 16.0. The van der Waals surface area contributed by atoms with Crippen molar-refractivity contribution in [2.75, 3.05) is 0 Å². The van der Waals surface area contributed by atoms with Gasteiger partial charge >= 0.3 is 5.97 Å². The van der Waals surface area contributed by atoms with Crippen molar-refractivity contribution in [1.82, 2.24) is 0 Å². The quantitative estimate of drug-likeness (QED) is 0.550. The molecule has 4 aliphatic carbocycles. The minimum atomic E-state index is -0.486. The Hall–Kier alpha value is -0.830. The van der Waals surface area contributed by atoms with Crippen LogP contribution in [-0.2, 0) is 9.53 Å². The fraction of sp³-hybridized carbons (Fsp3) is 0.850. The molecule has 3 heteroatoms. The maximum Gasteiger partial charge on any atom is 0.309 e. The van der Waals surface area contributed by atoms with Crippen molar-refractivity contribution in [2.24, 2.45) is 34.5 Å². The van der Waals surface area contributed by atoms with Crippen LogP contribution in [0.1, 0.15) is 58.3 Å². The Balaban J connectivity index is 1.67. The molecule has 23 heavy (non-hydrogen) atoms. The third-order valence-electron chi connectivity index (χ3n) is 8.54. The van der Waals surface area contributed by atoms with E-state index in [-0.39, 0.29) is 34.7 Å². The van der Waals surface area contributed by atoms with Crippen molar-refractivity contribution in [3.8, 4) is 0 Å². The highest BCUT2D eigenvalue weighted by atomic mass is 16.6. The number of hydrogen-bond donors (Lipinski definition) is 1. The van der Waals surface area contributed by atoms with Crippen LogP contribution in [0.5, 0.6) is 0 Å². The number of aliphatic hydroxyl groups is 1. The summed E-state index contributed by atoms with van der Waals surface area (Å²) in [7, 11) is 0. The van der Waals surface area contributed by atoms with Crippen LogP contribution in [0, 0.1) is 34.5 Å². The number of carbonyl (C=O) groups is 1. The summed E-state index contributed by atoms with van der Waals surface area (Å²) in [5.74, 6) is 1.34. The molecule has 0 aromatic carbocycles. The number of carbonyl (C=O) groups excluding carboxylic acids is 1. The molecule has 0 aromatic heterocycles. The first-order chi connectivity index (χ1) is 11.0. The molecule has 126 valence electrons. The van der Waals surface area contributed by atoms with E-state index in [1.165, 1.54) is 31.3 Å². The maximum atomic E-state index is 12.5. The largest absolute Gasteiger partial charge is 0.459 e. The van der Waals surface area contributed by atoms with E-state index in [2.05, 4.69) is 13.5 Å². The van der Waals surface area contributed by atoms with E-state index in [1.807, 2.05) is 0 Å². The second-order valence-electron chi connectivity index (χ2n) is 9.33. The standard InChI is InChI=1S/C20H28O3/c1-11-9-20-10-12(11)6-7-14(20)19(2)8-4-3-5-13-15(19)16(17(20)21)23-18(13)22/h12-17,21H,1,3-10H2,2H3/t12-,13+,14-,15+,16-,17+,19+,20-/m1/s1. The van der Waals surface area contributed by atoms with Gasteiger partial charge in [0.1, 0.15) is 6.10 Å². The summed E-state index contributed by atoms with van der Waals surface area (Å²) in [6, 6.07) is 0. The summed E-state index contributed by atoms with van der Waals surface area (Å²) < 4.78 is 5.82. The number of aliphatic hydroxyl groups excluding tert-OH is 1. The Bertz CT molecular complexity index is 583. The topological polar surface area (TPSA) is 46.5 Å². The van der Waals surface area contributed by atoms with Crippen LogP contribution < -0.4 is 0 Å². The Morgan fingerprint density at radius 1 is 1.26 bits per heavy atom. The Morgan fingerprint density at radius 2 is 2.09 bits per heavy atom. The maximum absolute atomic E-state index is 12.5. The molecule has 1 N–H and O–H groups in total. The normalized spacial score (nSPS) is 57.5. The summed E-state index contributed by atoms with van der Waals surface area (Å²) in [6.45, 7) is 6.74. The molecule has 1 spiro atoms. The molecule has 8 atom stereocenters. The summed E-state index contributed by atoms with van der Waals surface area (Å²) >= 11 is 0. The molecule has 5 rings (SSSR count). The van der Waals surface area contributed by atoms with E-state index in [4.69, 9.17) is 4.74 Å². The van der Waals surface area contributed by atoms with Crippen LogP contribution in [0.15, 0.2) is 12.2 Å². The first kappa shape index (κ1) is 14.5. The van der Waals surface area contributed by atoms with Gasteiger partial charge in [0.25, 0.3) is 0 Å². The molecule has 0 amide bonds. The number of ether oxygens (including phenoxy) is 1. The van der Waals surface area contributed by atoms with Gasteiger partial charge in [0.05, 0.1) is 12.0 Å². The lowest BCUT2D eigenvalue weighted by Gasteiger charge is -2.60. The van der Waals surface area contributed by atoms with Crippen molar-refractivity contribution in [2.45, 2.75) is 70.5 Å². The zero-order valence-corrected chi connectivity index (χ0v) is 14.1. The summed E-state index contributed by atoms with van der Waals surface area (Å²) in [5, 5.41) is 11.3. The second kappa shape index (κ2) is 4.41. The molecule has 4 saturated carbocycles. The molecule has 1 aliphatic heterocycles. The Labute approximate surface area is 138 Å². The second-order valence-corrected chi connectivity index (χ2v) is 9.33. The van der Waals surface area contributed by atoms with Crippen LogP contribution >= 0.6 is 0 Å². The predicted octanol–water partition coefficient (Wildman–Crippen LogP) is 3.46. The lowest BCUT2D eigenvalue weighted by Crippen LogP contribution is -2.63. The van der Waals surface area contributed by atoms with E-state index >= 15 is 0 Å². The summed E-state index contributed by atoms with van der Waals surface area (Å²) in [4.78, 5) is 12.5. The first-order valence-corrected chi connectivity index (χ1v) is 9.53. The zero-order valence-electron chi connectivity index (χ0n) is 14.1. The van der Waals surface area contributed by atoms with Crippen molar-refractivity contribution in [1.29, 1.82) is 0 Å². The third-order valence-corrected chi connectivity index (χ3v) is 8.54. The van der Waals surface area contributed by atoms with Crippen molar-refractivity contribution >= 4 is 5.97 Å². The minimum Gasteiger partial charge on any atom is -0.459 e. The average Bonchev–Trinajstić information content (AvgIpc) is 2.90. The Morgan fingerprint density at radius 3 is 2.91 bits per heavy atom. The first-order valence-electron chi connectivity index (χ1n) is 9.53. The van der Waals surface area contributed by atoms with Gasteiger partial charge in [-0.2, -0.15) is 0 Å². The van der Waals surface area contributed by atoms with Gasteiger partial charge in [-0.3, -0.25) is 4.79 Å². The molecule has 0 radical (unpaired) electrons. The molecule has 0 aromatic rings. The highest BCUT2D eigenvalue weighted by Crippen LogP contribution is 2.71. The van der Waals surface area contributed by atoms with Gasteiger partial charge in [-0.25, -0.2) is 0 Å².